The number of hydrogen-bond donors (Lipinski definition) is 0. The second-order valence-corrected chi connectivity index (χ2v) is 6.87. The number of hydrogen-bond acceptors (Lipinski definition) is 4. The van der Waals surface area contributed by atoms with Gasteiger partial charge in [0.25, 0.3) is 0 Å². The zero-order valence-electron chi connectivity index (χ0n) is 15.3. The number of likely N-dealkylation sites (tertiary alicyclic amines) is 1. The van der Waals surface area contributed by atoms with Crippen molar-refractivity contribution in [1.82, 2.24) is 4.90 Å². The zero-order valence-corrected chi connectivity index (χ0v) is 15.3. The number of esters is 1. The van der Waals surface area contributed by atoms with Crippen molar-refractivity contribution in [1.29, 1.82) is 0 Å². The Kier molecular flexibility index (Phi) is 5.76. The summed E-state index contributed by atoms with van der Waals surface area (Å²) >= 11 is 0. The first-order valence-electron chi connectivity index (χ1n) is 8.96. The summed E-state index contributed by atoms with van der Waals surface area (Å²) in [5.41, 5.74) is 1.20. The van der Waals surface area contributed by atoms with E-state index >= 15 is 0 Å². The van der Waals surface area contributed by atoms with E-state index in [1.54, 1.807) is 13.2 Å². The third-order valence-electron chi connectivity index (χ3n) is 5.22. The number of methoxy groups -OCH3 is 2. The molecule has 1 aliphatic carbocycles. The fourth-order valence-electron chi connectivity index (χ4n) is 3.71. The number of ether oxygens (including phenoxy) is 2. The van der Waals surface area contributed by atoms with E-state index in [4.69, 9.17) is 9.47 Å². The van der Waals surface area contributed by atoms with Crippen LogP contribution in [0.1, 0.15) is 24.8 Å². The summed E-state index contributed by atoms with van der Waals surface area (Å²) in [7, 11) is 2.94. The van der Waals surface area contributed by atoms with Crippen LogP contribution in [0.5, 0.6) is 5.75 Å². The van der Waals surface area contributed by atoms with Gasteiger partial charge in [-0.1, -0.05) is 24.3 Å². The molecule has 0 radical (unpaired) electrons. The topological polar surface area (TPSA) is 55.8 Å². The molecule has 0 spiro atoms. The Hall–Kier alpha value is -2.56. The largest absolute Gasteiger partial charge is 0.497 e. The highest BCUT2D eigenvalue weighted by Crippen LogP contribution is 2.33. The van der Waals surface area contributed by atoms with Gasteiger partial charge in [-0.3, -0.25) is 4.79 Å². The molecule has 2 atom stereocenters. The van der Waals surface area contributed by atoms with Gasteiger partial charge < -0.3 is 14.4 Å². The minimum Gasteiger partial charge on any atom is -0.497 e. The Bertz CT molecular complexity index is 704. The molecule has 1 saturated heterocycles. The predicted octanol–water partition coefficient (Wildman–Crippen LogP) is 3.07. The van der Waals surface area contributed by atoms with Crippen molar-refractivity contribution in [2.45, 2.75) is 19.3 Å². The van der Waals surface area contributed by atoms with E-state index in [1.807, 2.05) is 29.2 Å². The van der Waals surface area contributed by atoms with Crippen LogP contribution in [0, 0.1) is 11.8 Å². The summed E-state index contributed by atoms with van der Waals surface area (Å²) in [5.74, 6) is 1.37. The minimum absolute atomic E-state index is 0.00967. The average molecular weight is 355 g/mol. The minimum atomic E-state index is -0.465. The Morgan fingerprint density at radius 3 is 2.23 bits per heavy atom. The summed E-state index contributed by atoms with van der Waals surface area (Å²) < 4.78 is 10.0. The number of allylic oxidation sites excluding steroid dienone is 2. The van der Waals surface area contributed by atoms with Gasteiger partial charge in [0.15, 0.2) is 0 Å². The number of nitrogens with zero attached hydrogens (tertiary/aromatic N) is 1. The number of carbonyl (C=O) groups is 2. The molecule has 26 heavy (non-hydrogen) atoms. The summed E-state index contributed by atoms with van der Waals surface area (Å²) in [6.45, 7) is 1.57. The third kappa shape index (κ3) is 4.15. The number of rotatable bonds is 5. The molecule has 1 aliphatic heterocycles. The maximum absolute atomic E-state index is 12.7. The highest BCUT2D eigenvalue weighted by Gasteiger charge is 2.35. The molecule has 0 bridgehead atoms. The van der Waals surface area contributed by atoms with Crippen LogP contribution in [0.2, 0.25) is 0 Å². The second kappa shape index (κ2) is 8.21. The Morgan fingerprint density at radius 1 is 1.08 bits per heavy atom. The van der Waals surface area contributed by atoms with Gasteiger partial charge in [-0.25, -0.2) is 4.79 Å². The molecule has 0 unspecified atom stereocenters. The predicted molar refractivity (Wildman–Crippen MR) is 99.5 cm³/mol. The monoisotopic (exact) mass is 355 g/mol. The van der Waals surface area contributed by atoms with E-state index in [9.17, 15) is 9.59 Å². The van der Waals surface area contributed by atoms with Gasteiger partial charge in [0, 0.05) is 18.7 Å². The van der Waals surface area contributed by atoms with Crippen LogP contribution >= 0.6 is 0 Å². The van der Waals surface area contributed by atoms with Crippen molar-refractivity contribution in [3.8, 4) is 5.75 Å². The number of carbonyl (C=O) groups excluding carboxylic acids is 2. The van der Waals surface area contributed by atoms with Gasteiger partial charge in [0.1, 0.15) is 5.75 Å². The maximum atomic E-state index is 12.7. The fourth-order valence-corrected chi connectivity index (χ4v) is 3.71. The van der Waals surface area contributed by atoms with Crippen molar-refractivity contribution in [2.24, 2.45) is 11.8 Å². The van der Waals surface area contributed by atoms with Crippen molar-refractivity contribution >= 4 is 18.0 Å². The first-order chi connectivity index (χ1) is 12.6. The quantitative estimate of drug-likeness (QED) is 0.463. The molecule has 138 valence electrons. The second-order valence-electron chi connectivity index (χ2n) is 6.87. The van der Waals surface area contributed by atoms with E-state index in [0.29, 0.717) is 17.4 Å². The zero-order chi connectivity index (χ0) is 18.5. The van der Waals surface area contributed by atoms with Crippen molar-refractivity contribution in [3.63, 3.8) is 0 Å². The van der Waals surface area contributed by atoms with Gasteiger partial charge in [0.2, 0.25) is 5.91 Å². The third-order valence-corrected chi connectivity index (χ3v) is 5.22. The van der Waals surface area contributed by atoms with Gasteiger partial charge in [0.05, 0.1) is 20.6 Å². The maximum Gasteiger partial charge on any atom is 0.334 e. The molecule has 0 saturated carbocycles. The first-order valence-corrected chi connectivity index (χ1v) is 8.96. The standard InChI is InChI=1S/C21H25NO4/c1-25-19-9-7-15(8-10-19)11-18(21(24)26-2)12-20(23)22-13-16-5-3-4-6-17(16)14-22/h3-4,7-11,16-17H,5-6,12-14H2,1-2H3/b18-11+/t16-,17+. The normalized spacial score (nSPS) is 22.1. The number of benzene rings is 1. The molecule has 1 heterocycles. The SMILES string of the molecule is COC(=O)/C(=C/c1ccc(OC)cc1)CC(=O)N1C[C@H]2CC=CC[C@H]2C1. The average Bonchev–Trinajstić information content (AvgIpc) is 3.11. The molecule has 3 rings (SSSR count). The molecular weight excluding hydrogens is 330 g/mol. The van der Waals surface area contributed by atoms with Crippen molar-refractivity contribution in [2.75, 3.05) is 27.3 Å². The van der Waals surface area contributed by atoms with Gasteiger partial charge in [-0.2, -0.15) is 0 Å². The highest BCUT2D eigenvalue weighted by atomic mass is 16.5. The molecule has 1 fully saturated rings. The van der Waals surface area contributed by atoms with Crippen LogP contribution in [0.25, 0.3) is 6.08 Å². The van der Waals surface area contributed by atoms with Crippen LogP contribution in [0.15, 0.2) is 42.0 Å². The van der Waals surface area contributed by atoms with Crippen LogP contribution in [-0.2, 0) is 14.3 Å². The summed E-state index contributed by atoms with van der Waals surface area (Å²) in [4.78, 5) is 26.8. The lowest BCUT2D eigenvalue weighted by molar-refractivity contribution is -0.138. The summed E-state index contributed by atoms with van der Waals surface area (Å²) in [5, 5.41) is 0. The van der Waals surface area contributed by atoms with E-state index in [-0.39, 0.29) is 12.3 Å². The summed E-state index contributed by atoms with van der Waals surface area (Å²) in [6, 6.07) is 7.34. The molecule has 0 aromatic heterocycles. The molecule has 0 N–H and O–H groups in total. The van der Waals surface area contributed by atoms with Crippen LogP contribution < -0.4 is 4.74 Å². The fraction of sp³-hybridized carbons (Fsp3) is 0.429. The molecule has 1 aromatic carbocycles. The molecule has 5 nitrogen and oxygen atoms in total. The first kappa shape index (κ1) is 18.2. The van der Waals surface area contributed by atoms with Gasteiger partial charge in [-0.15, -0.1) is 0 Å². The lowest BCUT2D eigenvalue weighted by Gasteiger charge is -2.17. The smallest absolute Gasteiger partial charge is 0.334 e. The van der Waals surface area contributed by atoms with E-state index < -0.39 is 5.97 Å². The Balaban J connectivity index is 1.71. The van der Waals surface area contributed by atoms with E-state index in [0.717, 1.165) is 37.2 Å². The van der Waals surface area contributed by atoms with Crippen molar-refractivity contribution < 1.29 is 19.1 Å². The summed E-state index contributed by atoms with van der Waals surface area (Å²) in [6.07, 6.45) is 8.27. The molecular formula is C21H25NO4. The number of fused-ring (bicyclic) bond motifs is 1. The lowest BCUT2D eigenvalue weighted by atomic mass is 9.86. The number of amides is 1. The van der Waals surface area contributed by atoms with Crippen LogP contribution in [0.3, 0.4) is 0 Å². The van der Waals surface area contributed by atoms with Crippen LogP contribution in [-0.4, -0.2) is 44.1 Å². The van der Waals surface area contributed by atoms with Gasteiger partial charge >= 0.3 is 5.97 Å². The molecule has 2 aliphatic rings. The lowest BCUT2D eigenvalue weighted by Crippen LogP contribution is -2.30. The molecule has 5 heteroatoms. The van der Waals surface area contributed by atoms with Crippen molar-refractivity contribution in [3.05, 3.63) is 47.6 Å². The molecule has 1 aromatic rings. The Labute approximate surface area is 154 Å². The van der Waals surface area contributed by atoms with E-state index in [2.05, 4.69) is 12.2 Å². The Morgan fingerprint density at radius 2 is 1.69 bits per heavy atom. The highest BCUT2D eigenvalue weighted by molar-refractivity contribution is 5.99. The molecule has 1 amide bonds. The van der Waals surface area contributed by atoms with Crippen LogP contribution in [0.4, 0.5) is 0 Å². The van der Waals surface area contributed by atoms with E-state index in [1.165, 1.54) is 7.11 Å². The van der Waals surface area contributed by atoms with Gasteiger partial charge in [-0.05, 0) is 48.4 Å².